The van der Waals surface area contributed by atoms with E-state index in [-0.39, 0.29) is 0 Å². The maximum Gasteiger partial charge on any atom is 0.0907 e. The fraction of sp³-hybridized carbons (Fsp3) is 0.667. The van der Waals surface area contributed by atoms with Crippen LogP contribution in [0.2, 0.25) is 19.6 Å². The third kappa shape index (κ3) is 6.87. The molecule has 0 radical (unpaired) electrons. The predicted octanol–water partition coefficient (Wildman–Crippen LogP) is 8.58. The molecule has 0 aliphatic rings. The molecule has 27 heavy (non-hydrogen) atoms. The van der Waals surface area contributed by atoms with E-state index in [2.05, 4.69) is 63.9 Å². The summed E-state index contributed by atoms with van der Waals surface area (Å²) in [6, 6.07) is 5.06. The Bertz CT molecular complexity index is 688. The van der Waals surface area contributed by atoms with Crippen molar-refractivity contribution in [3.63, 3.8) is 0 Å². The zero-order chi connectivity index (χ0) is 19.9. The molecule has 2 rings (SSSR count). The third-order valence-electron chi connectivity index (χ3n) is 5.35. The summed E-state index contributed by atoms with van der Waals surface area (Å²) in [6.07, 6.45) is 13.4. The molecule has 2 aromatic rings. The molecular weight excluding hydrogens is 380 g/mol. The summed E-state index contributed by atoms with van der Waals surface area (Å²) in [7, 11) is -1.27. The zero-order valence-electron chi connectivity index (χ0n) is 18.5. The van der Waals surface area contributed by atoms with E-state index in [0.717, 1.165) is 0 Å². The number of rotatable bonds is 12. The summed E-state index contributed by atoms with van der Waals surface area (Å²) in [4.78, 5) is 4.59. The van der Waals surface area contributed by atoms with Gasteiger partial charge in [0.05, 0.1) is 8.07 Å². The highest BCUT2D eigenvalue weighted by Gasteiger charge is 2.24. The van der Waals surface area contributed by atoms with E-state index in [0.29, 0.717) is 0 Å². The summed E-state index contributed by atoms with van der Waals surface area (Å²) in [5, 5.41) is 0. The monoisotopic (exact) mass is 420 g/mol. The van der Waals surface area contributed by atoms with Gasteiger partial charge in [0, 0.05) is 14.6 Å². The Kier molecular flexibility index (Phi) is 9.31. The van der Waals surface area contributed by atoms with Gasteiger partial charge in [-0.15, -0.1) is 22.7 Å². The lowest BCUT2D eigenvalue weighted by molar-refractivity contribution is 0.666. The molecule has 0 atom stereocenters. The van der Waals surface area contributed by atoms with Crippen molar-refractivity contribution in [1.82, 2.24) is 0 Å². The van der Waals surface area contributed by atoms with Crippen LogP contribution in [0.1, 0.15) is 81.2 Å². The third-order valence-corrected chi connectivity index (χ3v) is 11.5. The van der Waals surface area contributed by atoms with Gasteiger partial charge in [-0.1, -0.05) is 72.0 Å². The second kappa shape index (κ2) is 11.0. The first kappa shape index (κ1) is 22.9. The molecule has 2 aromatic heterocycles. The van der Waals surface area contributed by atoms with Crippen LogP contribution in [0.4, 0.5) is 0 Å². The SMILES string of the molecule is CCCCCCc1cc(-c2cc(CCCCCC)c([Si](C)(C)C)s2)sc1C. The summed E-state index contributed by atoms with van der Waals surface area (Å²) in [5.74, 6) is 0. The molecule has 152 valence electrons. The largest absolute Gasteiger partial charge is 0.144 e. The highest BCUT2D eigenvalue weighted by atomic mass is 32.1. The number of aryl methyl sites for hydroxylation is 3. The van der Waals surface area contributed by atoms with Crippen molar-refractivity contribution in [2.24, 2.45) is 0 Å². The lowest BCUT2D eigenvalue weighted by atomic mass is 10.1. The molecule has 0 spiro atoms. The van der Waals surface area contributed by atoms with Crippen LogP contribution in [0.3, 0.4) is 0 Å². The molecule has 0 fully saturated rings. The van der Waals surface area contributed by atoms with Crippen LogP contribution in [-0.2, 0) is 12.8 Å². The van der Waals surface area contributed by atoms with E-state index >= 15 is 0 Å². The van der Waals surface area contributed by atoms with E-state index in [1.807, 2.05) is 11.3 Å². The van der Waals surface area contributed by atoms with Gasteiger partial charge in [-0.05, 0) is 60.4 Å². The van der Waals surface area contributed by atoms with Crippen molar-refractivity contribution in [1.29, 1.82) is 0 Å². The maximum atomic E-state index is 2.55. The molecule has 0 unspecified atom stereocenters. The zero-order valence-corrected chi connectivity index (χ0v) is 21.2. The predicted molar refractivity (Wildman–Crippen MR) is 131 cm³/mol. The fourth-order valence-corrected chi connectivity index (χ4v) is 8.57. The van der Waals surface area contributed by atoms with Crippen LogP contribution in [0, 0.1) is 6.92 Å². The average Bonchev–Trinajstić information content (AvgIpc) is 3.19. The lowest BCUT2D eigenvalue weighted by Crippen LogP contribution is -2.37. The van der Waals surface area contributed by atoms with Crippen LogP contribution >= 0.6 is 22.7 Å². The van der Waals surface area contributed by atoms with E-state index in [9.17, 15) is 0 Å². The first-order valence-electron chi connectivity index (χ1n) is 11.1. The molecule has 0 aliphatic heterocycles. The Labute approximate surface area is 177 Å². The summed E-state index contributed by atoms with van der Waals surface area (Å²) in [6.45, 7) is 14.4. The normalized spacial score (nSPS) is 12.1. The van der Waals surface area contributed by atoms with E-state index in [4.69, 9.17) is 0 Å². The molecule has 0 bridgehead atoms. The van der Waals surface area contributed by atoms with Crippen molar-refractivity contribution in [2.45, 2.75) is 105 Å². The Morgan fingerprint density at radius 3 is 1.78 bits per heavy atom. The first-order chi connectivity index (χ1) is 12.9. The van der Waals surface area contributed by atoms with E-state index in [1.54, 1.807) is 15.6 Å². The number of thiophene rings is 2. The Hall–Kier alpha value is -0.383. The quantitative estimate of drug-likeness (QED) is 0.238. The van der Waals surface area contributed by atoms with E-state index < -0.39 is 8.07 Å². The van der Waals surface area contributed by atoms with Crippen LogP contribution in [0.25, 0.3) is 9.75 Å². The Morgan fingerprint density at radius 1 is 0.704 bits per heavy atom. The van der Waals surface area contributed by atoms with Gasteiger partial charge in [0.2, 0.25) is 0 Å². The minimum absolute atomic E-state index is 1.26. The molecule has 0 saturated heterocycles. The van der Waals surface area contributed by atoms with Crippen LogP contribution in [-0.4, -0.2) is 8.07 Å². The first-order valence-corrected chi connectivity index (χ1v) is 16.2. The van der Waals surface area contributed by atoms with Gasteiger partial charge >= 0.3 is 0 Å². The summed E-state index contributed by atoms with van der Waals surface area (Å²) in [5.41, 5.74) is 3.26. The Morgan fingerprint density at radius 2 is 1.22 bits per heavy atom. The lowest BCUT2D eigenvalue weighted by Gasteiger charge is -2.16. The average molecular weight is 421 g/mol. The topological polar surface area (TPSA) is 0 Å². The second-order valence-corrected chi connectivity index (χ2v) is 16.7. The minimum atomic E-state index is -1.27. The molecule has 0 amide bonds. The molecule has 0 aromatic carbocycles. The minimum Gasteiger partial charge on any atom is -0.144 e. The van der Waals surface area contributed by atoms with Gasteiger partial charge < -0.3 is 0 Å². The molecular formula is C24H40S2Si. The number of hydrogen-bond acceptors (Lipinski definition) is 2. The second-order valence-electron chi connectivity index (χ2n) is 9.03. The number of unbranched alkanes of at least 4 members (excludes halogenated alkanes) is 6. The van der Waals surface area contributed by atoms with Gasteiger partial charge in [-0.2, -0.15) is 0 Å². The van der Waals surface area contributed by atoms with Crippen LogP contribution < -0.4 is 4.50 Å². The molecule has 2 heterocycles. The molecule has 3 heteroatoms. The smallest absolute Gasteiger partial charge is 0.0907 e. The van der Waals surface area contributed by atoms with Crippen LogP contribution in [0.15, 0.2) is 12.1 Å². The molecule has 0 nitrogen and oxygen atoms in total. The molecule has 0 N–H and O–H groups in total. The van der Waals surface area contributed by atoms with Crippen LogP contribution in [0.5, 0.6) is 0 Å². The molecule has 0 aliphatic carbocycles. The van der Waals surface area contributed by atoms with Gasteiger partial charge in [0.15, 0.2) is 0 Å². The fourth-order valence-electron chi connectivity index (χ4n) is 3.74. The van der Waals surface area contributed by atoms with Crippen molar-refractivity contribution >= 4 is 35.2 Å². The van der Waals surface area contributed by atoms with Crippen molar-refractivity contribution in [3.05, 3.63) is 28.1 Å². The Balaban J connectivity index is 2.16. The molecule has 0 saturated carbocycles. The summed E-state index contributed by atoms with van der Waals surface area (Å²) < 4.78 is 1.74. The number of hydrogen-bond donors (Lipinski definition) is 0. The van der Waals surface area contributed by atoms with Gasteiger partial charge in [0.1, 0.15) is 0 Å². The van der Waals surface area contributed by atoms with Gasteiger partial charge in [-0.3, -0.25) is 0 Å². The van der Waals surface area contributed by atoms with Gasteiger partial charge in [0.25, 0.3) is 0 Å². The van der Waals surface area contributed by atoms with Crippen molar-refractivity contribution in [2.75, 3.05) is 0 Å². The highest BCUT2D eigenvalue weighted by molar-refractivity contribution is 7.31. The van der Waals surface area contributed by atoms with Crippen molar-refractivity contribution in [3.8, 4) is 9.75 Å². The standard InChI is InChI=1S/C24H40S2Si/c1-7-9-11-13-15-20-17-22(25-19(20)3)23-18-21(16-14-12-10-8-2)24(26-23)27(4,5)6/h17-18H,7-16H2,1-6H3. The summed E-state index contributed by atoms with van der Waals surface area (Å²) >= 11 is 4.13. The highest BCUT2D eigenvalue weighted by Crippen LogP contribution is 2.36. The van der Waals surface area contributed by atoms with Gasteiger partial charge in [-0.25, -0.2) is 0 Å². The maximum absolute atomic E-state index is 2.55. The van der Waals surface area contributed by atoms with Crippen molar-refractivity contribution < 1.29 is 0 Å². The van der Waals surface area contributed by atoms with E-state index in [1.165, 1.54) is 78.8 Å².